The Morgan fingerprint density at radius 3 is 2.46 bits per heavy atom. The molecule has 0 bridgehead atoms. The number of imidazole rings is 1. The molecule has 0 unspecified atom stereocenters. The van der Waals surface area contributed by atoms with Crippen molar-refractivity contribution in [1.29, 1.82) is 0 Å². The van der Waals surface area contributed by atoms with Crippen molar-refractivity contribution in [2.75, 3.05) is 0 Å². The summed E-state index contributed by atoms with van der Waals surface area (Å²) >= 11 is 0. The molecule has 2 aromatic carbocycles. The predicted octanol–water partition coefficient (Wildman–Crippen LogP) is 3.76. The Labute approximate surface area is 138 Å². The number of hydrogen-bond donors (Lipinski definition) is 1. The maximum absolute atomic E-state index is 12.4. The fourth-order valence-electron chi connectivity index (χ4n) is 2.51. The highest BCUT2D eigenvalue weighted by Crippen LogP contribution is 2.20. The molecule has 3 aromatic rings. The molecule has 0 saturated heterocycles. The molecule has 124 valence electrons. The number of aromatic nitrogens is 2. The van der Waals surface area contributed by atoms with E-state index in [1.165, 1.54) is 0 Å². The van der Waals surface area contributed by atoms with Crippen LogP contribution in [0.5, 0.6) is 5.75 Å². The van der Waals surface area contributed by atoms with Gasteiger partial charge in [0.2, 0.25) is 0 Å². The Bertz CT molecular complexity index is 775. The highest BCUT2D eigenvalue weighted by atomic mass is 19.3. The predicted molar refractivity (Wildman–Crippen MR) is 87.2 cm³/mol. The maximum atomic E-state index is 12.4. The SMILES string of the molecule is FC(F)Oc1ccccc1CNCc1ccccc1-n1ccnc1. The minimum atomic E-state index is -2.83. The van der Waals surface area contributed by atoms with Gasteiger partial charge in [-0.2, -0.15) is 8.78 Å². The molecule has 0 fully saturated rings. The highest BCUT2D eigenvalue weighted by Gasteiger charge is 2.09. The number of nitrogens with zero attached hydrogens (tertiary/aromatic N) is 2. The number of hydrogen-bond acceptors (Lipinski definition) is 3. The van der Waals surface area contributed by atoms with E-state index >= 15 is 0 Å². The zero-order valence-electron chi connectivity index (χ0n) is 12.9. The Kier molecular flexibility index (Phi) is 5.18. The standard InChI is InChI=1S/C18H17F2N3O/c19-18(20)24-17-8-4-2-6-15(17)12-22-11-14-5-1-3-7-16(14)23-10-9-21-13-23/h1-10,13,18,22H,11-12H2. The van der Waals surface area contributed by atoms with E-state index in [1.807, 2.05) is 35.0 Å². The molecule has 24 heavy (non-hydrogen) atoms. The molecule has 4 nitrogen and oxygen atoms in total. The third-order valence-electron chi connectivity index (χ3n) is 3.59. The molecule has 0 aliphatic carbocycles. The fourth-order valence-corrected chi connectivity index (χ4v) is 2.51. The summed E-state index contributed by atoms with van der Waals surface area (Å²) in [6.07, 6.45) is 5.34. The van der Waals surface area contributed by atoms with Crippen LogP contribution in [0.15, 0.2) is 67.3 Å². The normalized spacial score (nSPS) is 11.0. The van der Waals surface area contributed by atoms with Gasteiger partial charge in [0.05, 0.1) is 12.0 Å². The molecule has 0 radical (unpaired) electrons. The van der Waals surface area contributed by atoms with Crippen molar-refractivity contribution in [3.05, 3.63) is 78.4 Å². The third-order valence-corrected chi connectivity index (χ3v) is 3.59. The topological polar surface area (TPSA) is 39.1 Å². The van der Waals surface area contributed by atoms with Crippen LogP contribution in [0.2, 0.25) is 0 Å². The fraction of sp³-hybridized carbons (Fsp3) is 0.167. The molecule has 3 rings (SSSR count). The van der Waals surface area contributed by atoms with Crippen LogP contribution in [0, 0.1) is 0 Å². The van der Waals surface area contributed by atoms with E-state index in [9.17, 15) is 8.78 Å². The van der Waals surface area contributed by atoms with Gasteiger partial charge in [0, 0.05) is 31.0 Å². The molecule has 6 heteroatoms. The van der Waals surface area contributed by atoms with Gasteiger partial charge in [0.1, 0.15) is 5.75 Å². The maximum Gasteiger partial charge on any atom is 0.387 e. The summed E-state index contributed by atoms with van der Waals surface area (Å²) in [5.41, 5.74) is 2.81. The molecule has 0 saturated carbocycles. The summed E-state index contributed by atoms with van der Waals surface area (Å²) in [7, 11) is 0. The summed E-state index contributed by atoms with van der Waals surface area (Å²) in [4.78, 5) is 4.06. The number of alkyl halides is 2. The van der Waals surface area contributed by atoms with Crippen LogP contribution >= 0.6 is 0 Å². The first-order valence-corrected chi connectivity index (χ1v) is 7.53. The summed E-state index contributed by atoms with van der Waals surface area (Å²) in [5, 5.41) is 3.28. The van der Waals surface area contributed by atoms with Crippen molar-refractivity contribution in [2.24, 2.45) is 0 Å². The zero-order valence-corrected chi connectivity index (χ0v) is 12.9. The lowest BCUT2D eigenvalue weighted by molar-refractivity contribution is -0.0505. The van der Waals surface area contributed by atoms with E-state index in [4.69, 9.17) is 0 Å². The van der Waals surface area contributed by atoms with Gasteiger partial charge in [-0.1, -0.05) is 36.4 Å². The number of ether oxygens (including phenoxy) is 1. The Balaban J connectivity index is 1.68. The van der Waals surface area contributed by atoms with Crippen molar-refractivity contribution in [3.63, 3.8) is 0 Å². The molecular weight excluding hydrogens is 312 g/mol. The van der Waals surface area contributed by atoms with Crippen LogP contribution in [0.3, 0.4) is 0 Å². The number of benzene rings is 2. The molecule has 1 N–H and O–H groups in total. The van der Waals surface area contributed by atoms with E-state index < -0.39 is 6.61 Å². The van der Waals surface area contributed by atoms with Crippen molar-refractivity contribution in [3.8, 4) is 11.4 Å². The van der Waals surface area contributed by atoms with Crippen molar-refractivity contribution in [2.45, 2.75) is 19.7 Å². The molecule has 0 spiro atoms. The lowest BCUT2D eigenvalue weighted by atomic mass is 10.1. The van der Waals surface area contributed by atoms with Gasteiger partial charge in [-0.05, 0) is 17.7 Å². The van der Waals surface area contributed by atoms with Gasteiger partial charge in [-0.25, -0.2) is 4.98 Å². The van der Waals surface area contributed by atoms with Crippen molar-refractivity contribution < 1.29 is 13.5 Å². The summed E-state index contributed by atoms with van der Waals surface area (Å²) < 4.78 is 31.4. The largest absolute Gasteiger partial charge is 0.434 e. The smallest absolute Gasteiger partial charge is 0.387 e. The molecule has 0 aliphatic rings. The van der Waals surface area contributed by atoms with Gasteiger partial charge in [-0.15, -0.1) is 0 Å². The van der Waals surface area contributed by atoms with E-state index in [0.29, 0.717) is 18.7 Å². The lowest BCUT2D eigenvalue weighted by Gasteiger charge is -2.13. The van der Waals surface area contributed by atoms with Crippen LogP contribution < -0.4 is 10.1 Å². The van der Waals surface area contributed by atoms with Gasteiger partial charge in [-0.3, -0.25) is 0 Å². The first kappa shape index (κ1) is 16.1. The summed E-state index contributed by atoms with van der Waals surface area (Å²) in [6.45, 7) is -1.80. The highest BCUT2D eigenvalue weighted by molar-refractivity contribution is 5.41. The minimum absolute atomic E-state index is 0.197. The van der Waals surface area contributed by atoms with Gasteiger partial charge < -0.3 is 14.6 Å². The van der Waals surface area contributed by atoms with Gasteiger partial charge in [0.15, 0.2) is 0 Å². The van der Waals surface area contributed by atoms with Crippen LogP contribution in [0.4, 0.5) is 8.78 Å². The first-order valence-electron chi connectivity index (χ1n) is 7.53. The second-order valence-corrected chi connectivity index (χ2v) is 5.19. The van der Waals surface area contributed by atoms with Gasteiger partial charge >= 0.3 is 6.61 Å². The van der Waals surface area contributed by atoms with E-state index in [1.54, 1.807) is 36.8 Å². The van der Waals surface area contributed by atoms with E-state index in [-0.39, 0.29) is 5.75 Å². The average Bonchev–Trinajstić information content (AvgIpc) is 3.11. The zero-order chi connectivity index (χ0) is 16.8. The third kappa shape index (κ3) is 3.97. The molecular formula is C18H17F2N3O. The number of rotatable bonds is 7. The summed E-state index contributed by atoms with van der Waals surface area (Å²) in [6, 6.07) is 14.7. The minimum Gasteiger partial charge on any atom is -0.434 e. The Morgan fingerprint density at radius 2 is 1.71 bits per heavy atom. The molecule has 0 atom stereocenters. The van der Waals surface area contributed by atoms with Crippen LogP contribution in [0.1, 0.15) is 11.1 Å². The van der Waals surface area contributed by atoms with Gasteiger partial charge in [0.25, 0.3) is 0 Å². The average molecular weight is 329 g/mol. The Morgan fingerprint density at radius 1 is 1.00 bits per heavy atom. The number of para-hydroxylation sites is 2. The van der Waals surface area contributed by atoms with Crippen LogP contribution in [0.25, 0.3) is 5.69 Å². The lowest BCUT2D eigenvalue weighted by Crippen LogP contribution is -2.15. The van der Waals surface area contributed by atoms with Crippen molar-refractivity contribution in [1.82, 2.24) is 14.9 Å². The molecule has 0 aliphatic heterocycles. The van der Waals surface area contributed by atoms with E-state index in [0.717, 1.165) is 11.3 Å². The Hall–Kier alpha value is -2.73. The number of nitrogens with one attached hydrogen (secondary N) is 1. The number of halogens is 2. The molecule has 0 amide bonds. The van der Waals surface area contributed by atoms with Crippen LogP contribution in [-0.2, 0) is 13.1 Å². The van der Waals surface area contributed by atoms with Crippen LogP contribution in [-0.4, -0.2) is 16.2 Å². The monoisotopic (exact) mass is 329 g/mol. The molecule has 1 heterocycles. The van der Waals surface area contributed by atoms with E-state index in [2.05, 4.69) is 15.0 Å². The van der Waals surface area contributed by atoms with Crippen molar-refractivity contribution >= 4 is 0 Å². The first-order chi connectivity index (χ1) is 11.7. The second-order valence-electron chi connectivity index (χ2n) is 5.19. The summed E-state index contributed by atoms with van der Waals surface area (Å²) in [5.74, 6) is 0.197. The quantitative estimate of drug-likeness (QED) is 0.717. The molecule has 1 aromatic heterocycles. The second kappa shape index (κ2) is 7.70.